The van der Waals surface area contributed by atoms with Gasteiger partial charge in [0, 0.05) is 35.5 Å². The molecule has 0 aliphatic heterocycles. The first-order valence-corrected chi connectivity index (χ1v) is 15.4. The number of hydrogen-bond donors (Lipinski definition) is 0. The summed E-state index contributed by atoms with van der Waals surface area (Å²) < 4.78 is 0. The highest BCUT2D eigenvalue weighted by molar-refractivity contribution is 5.83. The van der Waals surface area contributed by atoms with Gasteiger partial charge in [-0.15, -0.1) is 0 Å². The van der Waals surface area contributed by atoms with E-state index < -0.39 is 0 Å². The average molecular weight is 569 g/mol. The Labute approximate surface area is 261 Å². The van der Waals surface area contributed by atoms with Crippen molar-refractivity contribution in [3.05, 3.63) is 169 Å². The molecule has 2 heteroatoms. The van der Waals surface area contributed by atoms with Gasteiger partial charge in [0.05, 0.1) is 0 Å². The van der Waals surface area contributed by atoms with Gasteiger partial charge in [0.1, 0.15) is 0 Å². The summed E-state index contributed by atoms with van der Waals surface area (Å²) in [5.74, 6) is 0.497. The molecule has 1 aliphatic rings. The number of benzene rings is 6. The SMILES string of the molecule is CC1CC=Cc2cccc(N(C)c3ccc(N(c4cccc(-c5ccccc5)c4)c4cccc(-c5ccccc5)c4)cc3)c21. The molecule has 0 saturated carbocycles. The third-order valence-electron chi connectivity index (χ3n) is 8.68. The molecule has 0 radical (unpaired) electrons. The minimum atomic E-state index is 0.497. The van der Waals surface area contributed by atoms with Crippen LogP contribution in [0.5, 0.6) is 0 Å². The van der Waals surface area contributed by atoms with Crippen molar-refractivity contribution in [2.45, 2.75) is 19.3 Å². The van der Waals surface area contributed by atoms with Gasteiger partial charge in [0.2, 0.25) is 0 Å². The summed E-state index contributed by atoms with van der Waals surface area (Å²) >= 11 is 0. The average Bonchev–Trinajstić information content (AvgIpc) is 3.09. The second kappa shape index (κ2) is 12.1. The maximum Gasteiger partial charge on any atom is 0.0467 e. The van der Waals surface area contributed by atoms with Crippen LogP contribution in [-0.2, 0) is 0 Å². The van der Waals surface area contributed by atoms with Gasteiger partial charge in [-0.25, -0.2) is 0 Å². The van der Waals surface area contributed by atoms with Crippen molar-refractivity contribution in [3.63, 3.8) is 0 Å². The summed E-state index contributed by atoms with van der Waals surface area (Å²) in [6, 6.07) is 54.5. The van der Waals surface area contributed by atoms with Crippen LogP contribution in [-0.4, -0.2) is 7.05 Å². The summed E-state index contributed by atoms with van der Waals surface area (Å²) in [4.78, 5) is 4.69. The van der Waals surface area contributed by atoms with Crippen molar-refractivity contribution in [1.82, 2.24) is 0 Å². The molecule has 1 atom stereocenters. The summed E-state index contributed by atoms with van der Waals surface area (Å²) in [6.45, 7) is 2.33. The molecule has 6 aromatic rings. The van der Waals surface area contributed by atoms with Gasteiger partial charge in [-0.2, -0.15) is 0 Å². The lowest BCUT2D eigenvalue weighted by molar-refractivity contribution is 0.770. The van der Waals surface area contributed by atoms with Crippen molar-refractivity contribution in [2.75, 3.05) is 16.8 Å². The van der Waals surface area contributed by atoms with Crippen molar-refractivity contribution in [2.24, 2.45) is 0 Å². The second-order valence-electron chi connectivity index (χ2n) is 11.6. The van der Waals surface area contributed by atoms with Gasteiger partial charge in [0.25, 0.3) is 0 Å². The topological polar surface area (TPSA) is 6.48 Å². The molecule has 2 nitrogen and oxygen atoms in total. The fourth-order valence-corrected chi connectivity index (χ4v) is 6.38. The van der Waals surface area contributed by atoms with Crippen molar-refractivity contribution < 1.29 is 0 Å². The molecule has 0 fully saturated rings. The Morgan fingerprint density at radius 1 is 0.500 bits per heavy atom. The molecule has 0 N–H and O–H groups in total. The van der Waals surface area contributed by atoms with Crippen LogP contribution in [0.25, 0.3) is 28.3 Å². The van der Waals surface area contributed by atoms with Crippen LogP contribution >= 0.6 is 0 Å². The first kappa shape index (κ1) is 27.5. The molecular weight excluding hydrogens is 532 g/mol. The second-order valence-corrected chi connectivity index (χ2v) is 11.6. The van der Waals surface area contributed by atoms with Crippen LogP contribution in [0.1, 0.15) is 30.4 Å². The van der Waals surface area contributed by atoms with E-state index in [4.69, 9.17) is 0 Å². The van der Waals surface area contributed by atoms with Crippen molar-refractivity contribution in [3.8, 4) is 22.3 Å². The summed E-state index contributed by atoms with van der Waals surface area (Å²) in [6.07, 6.45) is 5.64. The standard InChI is InChI=1S/C42H36N2/c1-31-13-9-18-34-19-12-24-41(42(31)34)43(2)37-25-27-38(28-26-37)44(39-22-10-20-35(29-39)32-14-5-3-6-15-32)40-23-11-21-36(30-40)33-16-7-4-8-17-33/h3-12,14-31H,13H2,1-2H3. The lowest BCUT2D eigenvalue weighted by Gasteiger charge is -2.29. The Morgan fingerprint density at radius 2 is 1.02 bits per heavy atom. The van der Waals surface area contributed by atoms with E-state index in [-0.39, 0.29) is 0 Å². The molecule has 214 valence electrons. The molecule has 1 aliphatic carbocycles. The number of allylic oxidation sites excluding steroid dienone is 1. The van der Waals surface area contributed by atoms with Gasteiger partial charge in [-0.05, 0) is 100 Å². The number of fused-ring (bicyclic) bond motifs is 1. The zero-order chi connectivity index (χ0) is 29.9. The number of nitrogens with zero attached hydrogens (tertiary/aromatic N) is 2. The zero-order valence-corrected chi connectivity index (χ0v) is 25.3. The highest BCUT2D eigenvalue weighted by atomic mass is 15.1. The highest BCUT2D eigenvalue weighted by Gasteiger charge is 2.20. The maximum atomic E-state index is 2.36. The lowest BCUT2D eigenvalue weighted by atomic mass is 9.87. The van der Waals surface area contributed by atoms with Gasteiger partial charge in [0.15, 0.2) is 0 Å². The molecule has 0 spiro atoms. The van der Waals surface area contributed by atoms with E-state index in [9.17, 15) is 0 Å². The largest absolute Gasteiger partial charge is 0.344 e. The third kappa shape index (κ3) is 5.43. The maximum absolute atomic E-state index is 2.36. The van der Waals surface area contributed by atoms with Gasteiger partial charge >= 0.3 is 0 Å². The lowest BCUT2D eigenvalue weighted by Crippen LogP contribution is -2.15. The first-order valence-electron chi connectivity index (χ1n) is 15.4. The van der Waals surface area contributed by atoms with E-state index in [1.165, 1.54) is 44.8 Å². The van der Waals surface area contributed by atoms with Gasteiger partial charge < -0.3 is 9.80 Å². The fraction of sp³-hybridized carbons (Fsp3) is 0.0952. The molecular formula is C42H36N2. The van der Waals surface area contributed by atoms with E-state index in [0.29, 0.717) is 5.92 Å². The Balaban J connectivity index is 1.30. The highest BCUT2D eigenvalue weighted by Crippen LogP contribution is 2.41. The monoisotopic (exact) mass is 568 g/mol. The van der Waals surface area contributed by atoms with Crippen LogP contribution in [0, 0.1) is 0 Å². The quantitative estimate of drug-likeness (QED) is 0.189. The number of anilines is 5. The molecule has 44 heavy (non-hydrogen) atoms. The van der Waals surface area contributed by atoms with Crippen LogP contribution < -0.4 is 9.80 Å². The van der Waals surface area contributed by atoms with Crippen LogP contribution in [0.3, 0.4) is 0 Å². The van der Waals surface area contributed by atoms with Crippen LogP contribution in [0.15, 0.2) is 158 Å². The van der Waals surface area contributed by atoms with Gasteiger partial charge in [-0.3, -0.25) is 0 Å². The summed E-state index contributed by atoms with van der Waals surface area (Å²) in [7, 11) is 2.18. The Kier molecular flexibility index (Phi) is 7.56. The van der Waals surface area contributed by atoms with E-state index in [2.05, 4.69) is 188 Å². The number of hydrogen-bond acceptors (Lipinski definition) is 2. The molecule has 0 aromatic heterocycles. The van der Waals surface area contributed by atoms with E-state index in [1.54, 1.807) is 0 Å². The molecule has 0 saturated heterocycles. The van der Waals surface area contributed by atoms with Crippen LogP contribution in [0.2, 0.25) is 0 Å². The minimum absolute atomic E-state index is 0.497. The smallest absolute Gasteiger partial charge is 0.0467 e. The first-order chi connectivity index (χ1) is 21.7. The molecule has 7 rings (SSSR count). The van der Waals surface area contributed by atoms with Crippen molar-refractivity contribution in [1.29, 1.82) is 0 Å². The normalized spacial score (nSPS) is 13.7. The van der Waals surface area contributed by atoms with Crippen molar-refractivity contribution >= 4 is 34.5 Å². The Bertz CT molecular complexity index is 1820. The predicted octanol–water partition coefficient (Wildman–Crippen LogP) is 11.8. The minimum Gasteiger partial charge on any atom is -0.344 e. The van der Waals surface area contributed by atoms with Gasteiger partial charge in [-0.1, -0.05) is 116 Å². The summed E-state index contributed by atoms with van der Waals surface area (Å²) in [5, 5.41) is 0. The molecule has 6 aromatic carbocycles. The molecule has 0 amide bonds. The Hall–Kier alpha value is -5.34. The fourth-order valence-electron chi connectivity index (χ4n) is 6.38. The summed E-state index contributed by atoms with van der Waals surface area (Å²) in [5.41, 5.74) is 13.4. The predicted molar refractivity (Wildman–Crippen MR) is 189 cm³/mol. The zero-order valence-electron chi connectivity index (χ0n) is 25.3. The molecule has 0 heterocycles. The van der Waals surface area contributed by atoms with E-state index in [0.717, 1.165) is 23.5 Å². The Morgan fingerprint density at radius 3 is 1.61 bits per heavy atom. The molecule has 0 bridgehead atoms. The van der Waals surface area contributed by atoms with E-state index in [1.807, 2.05) is 0 Å². The molecule has 1 unspecified atom stereocenters. The van der Waals surface area contributed by atoms with E-state index >= 15 is 0 Å². The third-order valence-corrected chi connectivity index (χ3v) is 8.68. The number of rotatable bonds is 7. The van der Waals surface area contributed by atoms with Crippen LogP contribution in [0.4, 0.5) is 28.4 Å².